The Bertz CT molecular complexity index is 203. The minimum absolute atomic E-state index is 0.770. The predicted molar refractivity (Wildman–Crippen MR) is 51.7 cm³/mol. The molecule has 12 heavy (non-hydrogen) atoms. The van der Waals surface area contributed by atoms with Gasteiger partial charge in [-0.05, 0) is 24.5 Å². The fourth-order valence-electron chi connectivity index (χ4n) is 0.700. The molecule has 0 rings (SSSR count). The van der Waals surface area contributed by atoms with Crippen molar-refractivity contribution in [3.05, 3.63) is 11.6 Å². The van der Waals surface area contributed by atoms with Crippen molar-refractivity contribution in [2.75, 3.05) is 0 Å². The van der Waals surface area contributed by atoms with E-state index in [0.717, 1.165) is 31.1 Å². The number of allylic oxidation sites excluding steroid dienone is 2. The van der Waals surface area contributed by atoms with Gasteiger partial charge in [0.1, 0.15) is 6.29 Å². The van der Waals surface area contributed by atoms with Crippen LogP contribution < -0.4 is 0 Å². The quantitative estimate of drug-likeness (QED) is 0.270. The molecule has 0 aliphatic carbocycles. The van der Waals surface area contributed by atoms with E-state index >= 15 is 0 Å². The van der Waals surface area contributed by atoms with Gasteiger partial charge < -0.3 is 0 Å². The van der Waals surface area contributed by atoms with Crippen LogP contribution in [0.1, 0.15) is 39.5 Å². The van der Waals surface area contributed by atoms with Crippen molar-refractivity contribution in [1.29, 1.82) is 0 Å². The Morgan fingerprint density at radius 2 is 2.17 bits per heavy atom. The standard InChI is InChI=1S/C11H16O/c1-3-5-6-7-8-9-11(4-2)10-12/h9-10H,3-6H2,1-2H3/b11-9+. The SMILES string of the molecule is CCCCC#C/C=C(/C=O)CC. The lowest BCUT2D eigenvalue weighted by atomic mass is 10.2. The molecule has 66 valence electrons. The van der Waals surface area contributed by atoms with Gasteiger partial charge in [-0.15, -0.1) is 0 Å². The Labute approximate surface area is 74.9 Å². The zero-order valence-electron chi connectivity index (χ0n) is 7.89. The first-order chi connectivity index (χ1) is 5.85. The first-order valence-electron chi connectivity index (χ1n) is 4.47. The first kappa shape index (κ1) is 11.0. The lowest BCUT2D eigenvalue weighted by Gasteiger charge is -1.86. The Morgan fingerprint density at radius 3 is 2.67 bits per heavy atom. The number of hydrogen-bond acceptors (Lipinski definition) is 1. The summed E-state index contributed by atoms with van der Waals surface area (Å²) in [5.74, 6) is 5.88. The van der Waals surface area contributed by atoms with Crippen LogP contribution in [0.5, 0.6) is 0 Å². The summed E-state index contributed by atoms with van der Waals surface area (Å²) in [6, 6.07) is 0. The van der Waals surface area contributed by atoms with Gasteiger partial charge >= 0.3 is 0 Å². The molecule has 1 nitrogen and oxygen atoms in total. The monoisotopic (exact) mass is 164 g/mol. The maximum Gasteiger partial charge on any atom is 0.146 e. The van der Waals surface area contributed by atoms with Gasteiger partial charge in [0.25, 0.3) is 0 Å². The molecule has 0 aliphatic heterocycles. The van der Waals surface area contributed by atoms with Gasteiger partial charge in [0.05, 0.1) is 0 Å². The summed E-state index contributed by atoms with van der Waals surface area (Å²) < 4.78 is 0. The highest BCUT2D eigenvalue weighted by atomic mass is 16.1. The van der Waals surface area contributed by atoms with Gasteiger partial charge in [0.15, 0.2) is 0 Å². The van der Waals surface area contributed by atoms with Crippen molar-refractivity contribution in [3.63, 3.8) is 0 Å². The Hall–Kier alpha value is -1.03. The van der Waals surface area contributed by atoms with Crippen LogP contribution in [0.3, 0.4) is 0 Å². The number of unbranched alkanes of at least 4 members (excludes halogenated alkanes) is 2. The van der Waals surface area contributed by atoms with Crippen molar-refractivity contribution in [1.82, 2.24) is 0 Å². The largest absolute Gasteiger partial charge is 0.298 e. The van der Waals surface area contributed by atoms with Crippen LogP contribution in [-0.4, -0.2) is 6.29 Å². The van der Waals surface area contributed by atoms with Crippen LogP contribution in [0.15, 0.2) is 11.6 Å². The summed E-state index contributed by atoms with van der Waals surface area (Å²) in [4.78, 5) is 10.3. The van der Waals surface area contributed by atoms with E-state index in [1.54, 1.807) is 6.08 Å². The third-order valence-corrected chi connectivity index (χ3v) is 1.57. The van der Waals surface area contributed by atoms with Crippen molar-refractivity contribution in [2.24, 2.45) is 0 Å². The summed E-state index contributed by atoms with van der Waals surface area (Å²) in [5.41, 5.74) is 0.777. The normalized spacial score (nSPS) is 10.3. The molecule has 0 bridgehead atoms. The van der Waals surface area contributed by atoms with Crippen molar-refractivity contribution < 1.29 is 4.79 Å². The van der Waals surface area contributed by atoms with E-state index in [1.165, 1.54) is 6.42 Å². The maximum absolute atomic E-state index is 10.3. The topological polar surface area (TPSA) is 17.1 Å². The molecule has 0 aromatic carbocycles. The van der Waals surface area contributed by atoms with E-state index in [0.29, 0.717) is 0 Å². The molecule has 1 heteroatoms. The van der Waals surface area contributed by atoms with E-state index in [4.69, 9.17) is 0 Å². The molecule has 0 spiro atoms. The number of carbonyl (C=O) groups excluding carboxylic acids is 1. The minimum atomic E-state index is 0.770. The average molecular weight is 164 g/mol. The van der Waals surface area contributed by atoms with Crippen LogP contribution in [0.25, 0.3) is 0 Å². The van der Waals surface area contributed by atoms with Crippen molar-refractivity contribution in [2.45, 2.75) is 39.5 Å². The van der Waals surface area contributed by atoms with E-state index in [-0.39, 0.29) is 0 Å². The predicted octanol–water partition coefficient (Wildman–Crippen LogP) is 2.72. The summed E-state index contributed by atoms with van der Waals surface area (Å²) in [6.07, 6.45) is 6.60. The molecular formula is C11H16O. The number of aldehydes is 1. The second-order valence-corrected chi connectivity index (χ2v) is 2.62. The molecule has 0 saturated heterocycles. The van der Waals surface area contributed by atoms with Crippen molar-refractivity contribution >= 4 is 6.29 Å². The second kappa shape index (κ2) is 8.07. The molecule has 0 heterocycles. The highest BCUT2D eigenvalue weighted by molar-refractivity contribution is 5.73. The number of hydrogen-bond donors (Lipinski definition) is 0. The minimum Gasteiger partial charge on any atom is -0.298 e. The summed E-state index contributed by atoms with van der Waals surface area (Å²) >= 11 is 0. The van der Waals surface area contributed by atoms with Crippen LogP contribution >= 0.6 is 0 Å². The molecule has 0 fully saturated rings. The van der Waals surface area contributed by atoms with Gasteiger partial charge in [-0.25, -0.2) is 0 Å². The Kier molecular flexibility index (Phi) is 7.38. The first-order valence-corrected chi connectivity index (χ1v) is 4.47. The lowest BCUT2D eigenvalue weighted by molar-refractivity contribution is -0.105. The average Bonchev–Trinajstić information content (AvgIpc) is 2.11. The summed E-state index contributed by atoms with van der Waals surface area (Å²) in [7, 11) is 0. The van der Waals surface area contributed by atoms with Gasteiger partial charge in [-0.3, -0.25) is 4.79 Å². The lowest BCUT2D eigenvalue weighted by Crippen LogP contribution is -1.79. The van der Waals surface area contributed by atoms with E-state index in [2.05, 4.69) is 18.8 Å². The zero-order chi connectivity index (χ0) is 9.23. The van der Waals surface area contributed by atoms with Gasteiger partial charge in [0, 0.05) is 6.42 Å². The molecular weight excluding hydrogens is 148 g/mol. The summed E-state index contributed by atoms with van der Waals surface area (Å²) in [5, 5.41) is 0. The number of rotatable bonds is 4. The van der Waals surface area contributed by atoms with Crippen LogP contribution in [0.4, 0.5) is 0 Å². The van der Waals surface area contributed by atoms with E-state index in [9.17, 15) is 4.79 Å². The molecule has 0 N–H and O–H groups in total. The maximum atomic E-state index is 10.3. The molecule has 0 unspecified atom stereocenters. The fraction of sp³-hybridized carbons (Fsp3) is 0.545. The molecule has 0 aliphatic rings. The Balaban J connectivity index is 3.79. The van der Waals surface area contributed by atoms with Gasteiger partial charge in [-0.1, -0.05) is 32.1 Å². The molecule has 0 atom stereocenters. The fourth-order valence-corrected chi connectivity index (χ4v) is 0.700. The van der Waals surface area contributed by atoms with E-state index in [1.807, 2.05) is 6.92 Å². The smallest absolute Gasteiger partial charge is 0.146 e. The molecule has 0 saturated carbocycles. The van der Waals surface area contributed by atoms with Crippen LogP contribution in [0.2, 0.25) is 0 Å². The Morgan fingerprint density at radius 1 is 1.42 bits per heavy atom. The van der Waals surface area contributed by atoms with Gasteiger partial charge in [-0.2, -0.15) is 0 Å². The number of carbonyl (C=O) groups is 1. The second-order valence-electron chi connectivity index (χ2n) is 2.62. The highest BCUT2D eigenvalue weighted by Crippen LogP contribution is 1.94. The van der Waals surface area contributed by atoms with E-state index < -0.39 is 0 Å². The van der Waals surface area contributed by atoms with Crippen LogP contribution in [0, 0.1) is 11.8 Å². The summed E-state index contributed by atoms with van der Waals surface area (Å²) in [6.45, 7) is 4.09. The van der Waals surface area contributed by atoms with Crippen molar-refractivity contribution in [3.8, 4) is 11.8 Å². The van der Waals surface area contributed by atoms with Gasteiger partial charge in [0.2, 0.25) is 0 Å². The highest BCUT2D eigenvalue weighted by Gasteiger charge is 1.85. The molecule has 0 aromatic heterocycles. The molecule has 0 radical (unpaired) electrons. The molecule has 0 amide bonds. The zero-order valence-corrected chi connectivity index (χ0v) is 7.89. The molecule has 0 aromatic rings. The third-order valence-electron chi connectivity index (χ3n) is 1.57. The third kappa shape index (κ3) is 5.73. The van der Waals surface area contributed by atoms with Crippen LogP contribution in [-0.2, 0) is 4.79 Å².